The van der Waals surface area contributed by atoms with Gasteiger partial charge in [-0.05, 0) is 58.6 Å². The molecule has 1 saturated heterocycles. The van der Waals surface area contributed by atoms with E-state index >= 15 is 0 Å². The highest BCUT2D eigenvalue weighted by Crippen LogP contribution is 2.25. The van der Waals surface area contributed by atoms with Crippen LogP contribution in [-0.2, 0) is 11.3 Å². The second-order valence-electron chi connectivity index (χ2n) is 8.04. The van der Waals surface area contributed by atoms with Gasteiger partial charge in [-0.1, -0.05) is 30.3 Å². The van der Waals surface area contributed by atoms with E-state index in [0.29, 0.717) is 24.0 Å². The molecule has 1 aromatic rings. The minimum absolute atomic E-state index is 0.0472. The van der Waals surface area contributed by atoms with E-state index in [1.54, 1.807) is 0 Å². The van der Waals surface area contributed by atoms with E-state index in [1.165, 1.54) is 31.2 Å². The van der Waals surface area contributed by atoms with Crippen molar-refractivity contribution in [3.8, 4) is 0 Å². The fraction of sp³-hybridized carbons (Fsp3) is 0.667. The summed E-state index contributed by atoms with van der Waals surface area (Å²) < 4.78 is 0. The summed E-state index contributed by atoms with van der Waals surface area (Å²) in [5.74, 6) is 0.304. The van der Waals surface area contributed by atoms with Gasteiger partial charge >= 0.3 is 0 Å². The number of benzene rings is 1. The van der Waals surface area contributed by atoms with E-state index in [1.807, 2.05) is 4.90 Å². The van der Waals surface area contributed by atoms with Gasteiger partial charge in [-0.15, -0.1) is 0 Å². The molecule has 3 rings (SSSR count). The molecule has 4 nitrogen and oxygen atoms in total. The molecule has 1 aromatic carbocycles. The lowest BCUT2D eigenvalue weighted by Crippen LogP contribution is -2.47. The van der Waals surface area contributed by atoms with Crippen molar-refractivity contribution in [2.24, 2.45) is 0 Å². The van der Waals surface area contributed by atoms with Crippen LogP contribution >= 0.6 is 0 Å². The second-order valence-corrected chi connectivity index (χ2v) is 8.04. The van der Waals surface area contributed by atoms with Crippen LogP contribution in [0.2, 0.25) is 0 Å². The molecule has 0 spiro atoms. The topological polar surface area (TPSA) is 35.6 Å². The third-order valence-electron chi connectivity index (χ3n) is 5.89. The van der Waals surface area contributed by atoms with Crippen LogP contribution in [0.25, 0.3) is 0 Å². The maximum absolute atomic E-state index is 12.5. The van der Waals surface area contributed by atoms with Crippen molar-refractivity contribution in [3.05, 3.63) is 35.9 Å². The molecule has 2 aliphatic rings. The monoisotopic (exact) mass is 343 g/mol. The number of likely N-dealkylation sites (tertiary alicyclic amines) is 1. The molecule has 1 aliphatic heterocycles. The van der Waals surface area contributed by atoms with Crippen LogP contribution in [0.15, 0.2) is 30.3 Å². The van der Waals surface area contributed by atoms with Crippen LogP contribution < -0.4 is 5.32 Å². The van der Waals surface area contributed by atoms with Crippen molar-refractivity contribution in [2.45, 2.75) is 76.7 Å². The normalized spacial score (nSPS) is 27.5. The maximum Gasteiger partial charge on any atom is 0.240 e. The number of carbonyl (C=O) groups is 1. The molecule has 0 bridgehead atoms. The number of nitrogens with one attached hydrogen (secondary N) is 1. The summed E-state index contributed by atoms with van der Waals surface area (Å²) in [6, 6.07) is 12.2. The van der Waals surface area contributed by atoms with Crippen LogP contribution in [0.1, 0.15) is 51.5 Å². The van der Waals surface area contributed by atoms with Gasteiger partial charge in [-0.25, -0.2) is 0 Å². The minimum atomic E-state index is 0.0472. The number of hydrogen-bond donors (Lipinski definition) is 1. The zero-order chi connectivity index (χ0) is 17.8. The highest BCUT2D eigenvalue weighted by Gasteiger charge is 2.35. The first kappa shape index (κ1) is 18.4. The second kappa shape index (κ2) is 8.33. The summed E-state index contributed by atoms with van der Waals surface area (Å²) >= 11 is 0. The van der Waals surface area contributed by atoms with Gasteiger partial charge in [0.1, 0.15) is 0 Å². The lowest BCUT2D eigenvalue weighted by Gasteiger charge is -2.36. The molecule has 4 heteroatoms. The highest BCUT2D eigenvalue weighted by atomic mass is 16.2. The van der Waals surface area contributed by atoms with Crippen LogP contribution in [-0.4, -0.2) is 53.5 Å². The zero-order valence-electron chi connectivity index (χ0n) is 15.9. The molecule has 1 heterocycles. The van der Waals surface area contributed by atoms with Crippen molar-refractivity contribution in [2.75, 3.05) is 13.6 Å². The number of rotatable bonds is 6. The average molecular weight is 344 g/mol. The van der Waals surface area contributed by atoms with E-state index in [2.05, 4.69) is 61.4 Å². The van der Waals surface area contributed by atoms with Gasteiger partial charge in [-0.3, -0.25) is 9.69 Å². The molecule has 1 saturated carbocycles. The van der Waals surface area contributed by atoms with Gasteiger partial charge in [0, 0.05) is 31.2 Å². The summed E-state index contributed by atoms with van der Waals surface area (Å²) in [4.78, 5) is 17.0. The van der Waals surface area contributed by atoms with Gasteiger partial charge in [0.15, 0.2) is 0 Å². The Kier molecular flexibility index (Phi) is 6.13. The molecular formula is C21H33N3O. The maximum atomic E-state index is 12.5. The van der Waals surface area contributed by atoms with Crippen LogP contribution in [0.3, 0.4) is 0 Å². The van der Waals surface area contributed by atoms with Gasteiger partial charge in [0.25, 0.3) is 0 Å². The van der Waals surface area contributed by atoms with Crippen LogP contribution in [0, 0.1) is 0 Å². The van der Waals surface area contributed by atoms with Crippen molar-refractivity contribution < 1.29 is 4.79 Å². The number of hydrogen-bond acceptors (Lipinski definition) is 3. The molecule has 25 heavy (non-hydrogen) atoms. The van der Waals surface area contributed by atoms with Crippen molar-refractivity contribution in [1.82, 2.24) is 15.1 Å². The molecule has 1 amide bonds. The van der Waals surface area contributed by atoms with Gasteiger partial charge < -0.3 is 10.2 Å². The molecule has 1 N–H and O–H groups in total. The number of nitrogens with zero attached hydrogens (tertiary/aromatic N) is 2. The summed E-state index contributed by atoms with van der Waals surface area (Å²) in [6.45, 7) is 6.14. The van der Waals surface area contributed by atoms with E-state index < -0.39 is 0 Å². The van der Waals surface area contributed by atoms with Gasteiger partial charge in [-0.2, -0.15) is 0 Å². The molecule has 0 aromatic heterocycles. The molecule has 1 atom stereocenters. The lowest BCUT2D eigenvalue weighted by molar-refractivity contribution is -0.131. The van der Waals surface area contributed by atoms with Gasteiger partial charge in [0.05, 0.1) is 6.04 Å². The summed E-state index contributed by atoms with van der Waals surface area (Å²) in [6.07, 6.45) is 5.75. The fourth-order valence-electron chi connectivity index (χ4n) is 4.34. The Bertz CT molecular complexity index is 552. The molecular weight excluding hydrogens is 310 g/mol. The molecule has 1 unspecified atom stereocenters. The molecule has 1 aliphatic carbocycles. The highest BCUT2D eigenvalue weighted by molar-refractivity contribution is 5.84. The first-order chi connectivity index (χ1) is 12.0. The molecule has 0 radical (unpaired) electrons. The first-order valence-electron chi connectivity index (χ1n) is 9.85. The Hall–Kier alpha value is -1.39. The smallest absolute Gasteiger partial charge is 0.240 e. The van der Waals surface area contributed by atoms with Crippen molar-refractivity contribution >= 4 is 5.91 Å². The largest absolute Gasteiger partial charge is 0.339 e. The summed E-state index contributed by atoms with van der Waals surface area (Å²) in [5.41, 5.74) is 1.38. The Morgan fingerprint density at radius 3 is 2.40 bits per heavy atom. The van der Waals surface area contributed by atoms with Crippen molar-refractivity contribution in [1.29, 1.82) is 0 Å². The predicted octanol–water partition coefficient (Wildman–Crippen LogP) is 3.03. The number of carbonyl (C=O) groups excluding carboxylic acids is 1. The average Bonchev–Trinajstić information content (AvgIpc) is 2.97. The van der Waals surface area contributed by atoms with E-state index in [-0.39, 0.29) is 6.04 Å². The number of amides is 1. The minimum Gasteiger partial charge on any atom is -0.339 e. The Labute approximate surface area is 152 Å². The summed E-state index contributed by atoms with van der Waals surface area (Å²) in [5, 5.41) is 3.65. The summed E-state index contributed by atoms with van der Waals surface area (Å²) in [7, 11) is 2.24. The van der Waals surface area contributed by atoms with Crippen molar-refractivity contribution in [3.63, 3.8) is 0 Å². The predicted molar refractivity (Wildman–Crippen MR) is 102 cm³/mol. The Morgan fingerprint density at radius 2 is 1.80 bits per heavy atom. The van der Waals surface area contributed by atoms with Crippen LogP contribution in [0.5, 0.6) is 0 Å². The van der Waals surface area contributed by atoms with Crippen LogP contribution in [0.4, 0.5) is 0 Å². The quantitative estimate of drug-likeness (QED) is 0.862. The third kappa shape index (κ3) is 4.62. The Balaban J connectivity index is 1.44. The Morgan fingerprint density at radius 1 is 1.12 bits per heavy atom. The van der Waals surface area contributed by atoms with E-state index in [4.69, 9.17) is 0 Å². The third-order valence-corrected chi connectivity index (χ3v) is 5.89. The fourth-order valence-corrected chi connectivity index (χ4v) is 4.34. The van der Waals surface area contributed by atoms with E-state index in [0.717, 1.165) is 19.5 Å². The standard InChI is InChI=1S/C21H33N3O/c1-16(2)24-14-13-20(21(24)25)22-18-9-11-19(12-10-18)23(3)15-17-7-5-4-6-8-17/h4-8,16,18-20,22H,9-15H2,1-3H3. The zero-order valence-corrected chi connectivity index (χ0v) is 15.9. The molecule has 138 valence electrons. The molecule has 2 fully saturated rings. The van der Waals surface area contributed by atoms with Gasteiger partial charge in [0.2, 0.25) is 5.91 Å². The SMILES string of the molecule is CC(C)N1CCC(NC2CCC(N(C)Cc3ccccc3)CC2)C1=O. The first-order valence-corrected chi connectivity index (χ1v) is 9.85. The van der Waals surface area contributed by atoms with E-state index in [9.17, 15) is 4.79 Å². The lowest BCUT2D eigenvalue weighted by atomic mass is 9.89.